The van der Waals surface area contributed by atoms with Crippen molar-refractivity contribution in [1.29, 1.82) is 0 Å². The summed E-state index contributed by atoms with van der Waals surface area (Å²) in [5.74, 6) is -1.19. The molecule has 1 heterocycles. The molecule has 1 fully saturated rings. The van der Waals surface area contributed by atoms with Crippen LogP contribution in [0.1, 0.15) is 24.2 Å². The molecule has 24 heavy (non-hydrogen) atoms. The van der Waals surface area contributed by atoms with Gasteiger partial charge in [0.25, 0.3) is 5.91 Å². The Balaban J connectivity index is 1.95. The fourth-order valence-corrected chi connectivity index (χ4v) is 2.48. The van der Waals surface area contributed by atoms with Crippen molar-refractivity contribution in [2.24, 2.45) is 5.92 Å². The van der Waals surface area contributed by atoms with E-state index in [4.69, 9.17) is 0 Å². The number of nitrogens with one attached hydrogen (secondary N) is 2. The summed E-state index contributed by atoms with van der Waals surface area (Å²) in [4.78, 5) is 25.4. The Morgan fingerprint density at radius 2 is 1.88 bits per heavy atom. The Hall–Kier alpha value is -2.09. The topological polar surface area (TPSA) is 61.4 Å². The van der Waals surface area contributed by atoms with Crippen molar-refractivity contribution in [2.75, 3.05) is 25.0 Å². The molecule has 5 nitrogen and oxygen atoms in total. The van der Waals surface area contributed by atoms with Crippen LogP contribution in [0.2, 0.25) is 0 Å². The number of anilines is 1. The molecule has 8 heteroatoms. The van der Waals surface area contributed by atoms with Crippen molar-refractivity contribution in [3.05, 3.63) is 29.8 Å². The van der Waals surface area contributed by atoms with Crippen LogP contribution in [0.15, 0.2) is 24.3 Å². The van der Waals surface area contributed by atoms with Gasteiger partial charge in [-0.05, 0) is 26.0 Å². The summed E-state index contributed by atoms with van der Waals surface area (Å²) < 4.78 is 36.8. The fraction of sp³-hybridized carbons (Fsp3) is 0.500. The first kappa shape index (κ1) is 18.3. The number of benzene rings is 1. The highest BCUT2D eigenvalue weighted by molar-refractivity contribution is 6.04. The first-order valence-corrected chi connectivity index (χ1v) is 7.65. The molecule has 132 valence electrons. The number of nitrogens with zero attached hydrogens (tertiary/aromatic N) is 1. The van der Waals surface area contributed by atoms with Crippen LogP contribution in [0.5, 0.6) is 0 Å². The van der Waals surface area contributed by atoms with Gasteiger partial charge in [0, 0.05) is 19.1 Å². The Morgan fingerprint density at radius 1 is 1.25 bits per heavy atom. The van der Waals surface area contributed by atoms with E-state index in [-0.39, 0.29) is 30.9 Å². The lowest BCUT2D eigenvalue weighted by molar-refractivity contribution is -0.162. The van der Waals surface area contributed by atoms with E-state index in [0.29, 0.717) is 11.3 Å². The van der Waals surface area contributed by atoms with Gasteiger partial charge in [-0.2, -0.15) is 13.2 Å². The molecule has 2 N–H and O–H groups in total. The van der Waals surface area contributed by atoms with Crippen LogP contribution in [-0.4, -0.2) is 48.6 Å². The lowest BCUT2D eigenvalue weighted by Gasteiger charge is -2.38. The number of carbonyl (C=O) groups is 2. The molecule has 0 unspecified atom stereocenters. The maximum Gasteiger partial charge on any atom is 0.401 e. The zero-order valence-corrected chi connectivity index (χ0v) is 13.5. The van der Waals surface area contributed by atoms with Crippen molar-refractivity contribution in [2.45, 2.75) is 26.1 Å². The van der Waals surface area contributed by atoms with Gasteiger partial charge in [0.15, 0.2) is 0 Å². The minimum atomic E-state index is -4.26. The van der Waals surface area contributed by atoms with Gasteiger partial charge in [0.1, 0.15) is 0 Å². The number of hydrogen-bond donors (Lipinski definition) is 2. The van der Waals surface area contributed by atoms with Crippen LogP contribution in [0.4, 0.5) is 18.9 Å². The zero-order valence-electron chi connectivity index (χ0n) is 13.5. The number of likely N-dealkylation sites (tertiary alicyclic amines) is 1. The number of hydrogen-bond acceptors (Lipinski definition) is 3. The summed E-state index contributed by atoms with van der Waals surface area (Å²) in [6.45, 7) is 2.76. The van der Waals surface area contributed by atoms with E-state index in [1.165, 1.54) is 4.90 Å². The molecule has 1 aliphatic heterocycles. The molecule has 1 aliphatic rings. The van der Waals surface area contributed by atoms with Crippen LogP contribution >= 0.6 is 0 Å². The van der Waals surface area contributed by atoms with E-state index in [9.17, 15) is 22.8 Å². The van der Waals surface area contributed by atoms with Crippen molar-refractivity contribution in [3.8, 4) is 0 Å². The van der Waals surface area contributed by atoms with Crippen molar-refractivity contribution >= 4 is 17.5 Å². The molecule has 0 radical (unpaired) electrons. The molecule has 2 amide bonds. The third kappa shape index (κ3) is 4.95. The average molecular weight is 343 g/mol. The van der Waals surface area contributed by atoms with Crippen molar-refractivity contribution in [1.82, 2.24) is 10.2 Å². The molecule has 0 bridgehead atoms. The van der Waals surface area contributed by atoms with Gasteiger partial charge in [-0.1, -0.05) is 12.1 Å². The summed E-state index contributed by atoms with van der Waals surface area (Å²) in [5, 5.41) is 5.38. The van der Waals surface area contributed by atoms with E-state index in [2.05, 4.69) is 10.6 Å². The van der Waals surface area contributed by atoms with Gasteiger partial charge in [-0.25, -0.2) is 0 Å². The van der Waals surface area contributed by atoms with Gasteiger partial charge in [0.2, 0.25) is 5.91 Å². The van der Waals surface area contributed by atoms with Crippen molar-refractivity contribution in [3.63, 3.8) is 0 Å². The molecule has 0 saturated carbocycles. The summed E-state index contributed by atoms with van der Waals surface area (Å²) in [6, 6.07) is 6.49. The maximum absolute atomic E-state index is 12.3. The van der Waals surface area contributed by atoms with E-state index < -0.39 is 18.6 Å². The molecule has 0 spiro atoms. The fourth-order valence-electron chi connectivity index (χ4n) is 2.48. The van der Waals surface area contributed by atoms with Gasteiger partial charge < -0.3 is 10.6 Å². The Labute approximate surface area is 138 Å². The second-order valence-electron chi connectivity index (χ2n) is 6.17. The standard InChI is InChI=1S/C16H20F3N3O2/c1-10(2)20-15(24)12-5-3-4-6-13(12)21-14(23)11-7-22(8-11)9-16(17,18)19/h3-6,10-11H,7-9H2,1-2H3,(H,20,24)(H,21,23). The first-order chi connectivity index (χ1) is 11.2. The molecule has 2 rings (SSSR count). The van der Waals surface area contributed by atoms with Crippen LogP contribution in [0, 0.1) is 5.92 Å². The number of halogens is 3. The predicted octanol–water partition coefficient (Wildman–Crippen LogP) is 2.26. The lowest BCUT2D eigenvalue weighted by Crippen LogP contribution is -2.54. The summed E-state index contributed by atoms with van der Waals surface area (Å²) >= 11 is 0. The first-order valence-electron chi connectivity index (χ1n) is 7.65. The molecule has 1 aromatic carbocycles. The highest BCUT2D eigenvalue weighted by Crippen LogP contribution is 2.24. The second-order valence-corrected chi connectivity index (χ2v) is 6.17. The lowest BCUT2D eigenvalue weighted by atomic mass is 9.98. The maximum atomic E-state index is 12.3. The molecule has 0 aliphatic carbocycles. The molecule has 1 aromatic rings. The normalized spacial score (nSPS) is 15.9. The van der Waals surface area contributed by atoms with Gasteiger partial charge in [-0.3, -0.25) is 14.5 Å². The Morgan fingerprint density at radius 3 is 2.46 bits per heavy atom. The predicted molar refractivity (Wildman–Crippen MR) is 83.7 cm³/mol. The number of rotatable bonds is 5. The SMILES string of the molecule is CC(C)NC(=O)c1ccccc1NC(=O)C1CN(CC(F)(F)F)C1. The van der Waals surface area contributed by atoms with Crippen LogP contribution in [0.3, 0.4) is 0 Å². The average Bonchev–Trinajstić information content (AvgIpc) is 2.41. The molecule has 0 aromatic heterocycles. The highest BCUT2D eigenvalue weighted by atomic mass is 19.4. The largest absolute Gasteiger partial charge is 0.401 e. The third-order valence-electron chi connectivity index (χ3n) is 3.58. The van der Waals surface area contributed by atoms with E-state index in [1.54, 1.807) is 24.3 Å². The molecular formula is C16H20F3N3O2. The molecule has 1 saturated heterocycles. The summed E-state index contributed by atoms with van der Waals surface area (Å²) in [7, 11) is 0. The molecular weight excluding hydrogens is 323 g/mol. The number of para-hydroxylation sites is 1. The number of amides is 2. The third-order valence-corrected chi connectivity index (χ3v) is 3.58. The molecule has 0 atom stereocenters. The smallest absolute Gasteiger partial charge is 0.350 e. The van der Waals surface area contributed by atoms with E-state index >= 15 is 0 Å². The van der Waals surface area contributed by atoms with Gasteiger partial charge >= 0.3 is 6.18 Å². The summed E-state index contributed by atoms with van der Waals surface area (Å²) in [6.07, 6.45) is -4.26. The van der Waals surface area contributed by atoms with E-state index in [0.717, 1.165) is 0 Å². The minimum absolute atomic E-state index is 0.0520. The van der Waals surface area contributed by atoms with Crippen molar-refractivity contribution < 1.29 is 22.8 Å². The van der Waals surface area contributed by atoms with E-state index in [1.807, 2.05) is 13.8 Å². The quantitative estimate of drug-likeness (QED) is 0.862. The highest BCUT2D eigenvalue weighted by Gasteiger charge is 2.39. The van der Waals surface area contributed by atoms with Gasteiger partial charge in [-0.15, -0.1) is 0 Å². The zero-order chi connectivity index (χ0) is 17.9. The van der Waals surface area contributed by atoms with Crippen LogP contribution in [0.25, 0.3) is 0 Å². The monoisotopic (exact) mass is 343 g/mol. The number of carbonyl (C=O) groups excluding carboxylic acids is 2. The number of alkyl halides is 3. The summed E-state index contributed by atoms with van der Waals surface area (Å²) in [5.41, 5.74) is 0.681. The second kappa shape index (κ2) is 7.21. The van der Waals surface area contributed by atoms with Gasteiger partial charge in [0.05, 0.1) is 23.7 Å². The van der Waals surface area contributed by atoms with Crippen LogP contribution in [-0.2, 0) is 4.79 Å². The Kier molecular flexibility index (Phi) is 5.48. The Bertz CT molecular complexity index is 611. The van der Waals surface area contributed by atoms with Crippen LogP contribution < -0.4 is 10.6 Å². The minimum Gasteiger partial charge on any atom is -0.350 e.